The van der Waals surface area contributed by atoms with Crippen LogP contribution in [0.2, 0.25) is 0 Å². The van der Waals surface area contributed by atoms with Gasteiger partial charge in [-0.25, -0.2) is 4.98 Å². The van der Waals surface area contributed by atoms with Crippen LogP contribution in [0.3, 0.4) is 0 Å². The Morgan fingerprint density at radius 3 is 2.85 bits per heavy atom. The Balaban J connectivity index is 1.68. The standard InChI is InChI=1S/C11H15N5O2S2/c17-20(18,10-6-12-7-13-10)16-11-15-14-9(19-11)5-8-3-1-2-4-8/h6-8H,1-5H2,(H,12,13)(H,15,16). The molecule has 0 spiro atoms. The molecule has 2 aromatic rings. The van der Waals surface area contributed by atoms with E-state index in [0.29, 0.717) is 11.0 Å². The molecule has 20 heavy (non-hydrogen) atoms. The average molecular weight is 313 g/mol. The summed E-state index contributed by atoms with van der Waals surface area (Å²) in [5.41, 5.74) is 0. The van der Waals surface area contributed by atoms with Crippen molar-refractivity contribution in [3.8, 4) is 0 Å². The molecule has 9 heteroatoms. The van der Waals surface area contributed by atoms with Crippen LogP contribution >= 0.6 is 11.3 Å². The van der Waals surface area contributed by atoms with Gasteiger partial charge in [0.05, 0.1) is 12.5 Å². The molecule has 0 bridgehead atoms. The van der Waals surface area contributed by atoms with Gasteiger partial charge in [0.25, 0.3) is 10.0 Å². The summed E-state index contributed by atoms with van der Waals surface area (Å²) in [6.07, 6.45) is 8.49. The maximum Gasteiger partial charge on any atom is 0.280 e. The van der Waals surface area contributed by atoms with Crippen molar-refractivity contribution in [2.45, 2.75) is 37.1 Å². The Morgan fingerprint density at radius 2 is 2.15 bits per heavy atom. The first-order chi connectivity index (χ1) is 9.63. The third kappa shape index (κ3) is 2.98. The van der Waals surface area contributed by atoms with Gasteiger partial charge >= 0.3 is 0 Å². The highest BCUT2D eigenvalue weighted by Gasteiger charge is 2.20. The van der Waals surface area contributed by atoms with E-state index in [1.807, 2.05) is 0 Å². The highest BCUT2D eigenvalue weighted by atomic mass is 32.2. The zero-order chi connectivity index (χ0) is 14.0. The molecule has 108 valence electrons. The normalized spacial score (nSPS) is 16.6. The molecule has 2 N–H and O–H groups in total. The molecule has 2 heterocycles. The topological polar surface area (TPSA) is 101 Å². The number of sulfonamides is 1. The number of aromatic nitrogens is 4. The van der Waals surface area contributed by atoms with Gasteiger partial charge in [0.2, 0.25) is 5.13 Å². The summed E-state index contributed by atoms with van der Waals surface area (Å²) in [6.45, 7) is 0. The van der Waals surface area contributed by atoms with Crippen molar-refractivity contribution in [2.75, 3.05) is 4.72 Å². The van der Waals surface area contributed by atoms with Crippen molar-refractivity contribution < 1.29 is 8.42 Å². The number of rotatable bonds is 5. The molecule has 0 radical (unpaired) electrons. The molecule has 1 aliphatic carbocycles. The SMILES string of the molecule is O=S(=O)(Nc1nnc(CC2CCCC2)s1)c1cnc[nH]1. The molecule has 0 amide bonds. The highest BCUT2D eigenvalue weighted by Crippen LogP contribution is 2.30. The Kier molecular flexibility index (Phi) is 3.70. The summed E-state index contributed by atoms with van der Waals surface area (Å²) in [4.78, 5) is 6.25. The van der Waals surface area contributed by atoms with Crippen molar-refractivity contribution in [1.29, 1.82) is 0 Å². The van der Waals surface area contributed by atoms with Crippen molar-refractivity contribution >= 4 is 26.5 Å². The number of nitrogens with zero attached hydrogens (tertiary/aromatic N) is 3. The van der Waals surface area contributed by atoms with Crippen LogP contribution in [0, 0.1) is 5.92 Å². The van der Waals surface area contributed by atoms with E-state index in [-0.39, 0.29) is 5.03 Å². The monoisotopic (exact) mass is 313 g/mol. The van der Waals surface area contributed by atoms with Gasteiger partial charge in [0.15, 0.2) is 5.03 Å². The van der Waals surface area contributed by atoms with Gasteiger partial charge < -0.3 is 4.98 Å². The number of imidazole rings is 1. The predicted octanol–water partition coefficient (Wildman–Crippen LogP) is 1.79. The number of H-pyrrole nitrogens is 1. The second kappa shape index (κ2) is 5.49. The molecule has 1 fully saturated rings. The van der Waals surface area contributed by atoms with E-state index in [4.69, 9.17) is 0 Å². The van der Waals surface area contributed by atoms with E-state index in [1.165, 1.54) is 49.5 Å². The minimum absolute atomic E-state index is 0.0186. The molecule has 0 unspecified atom stereocenters. The van der Waals surface area contributed by atoms with E-state index >= 15 is 0 Å². The predicted molar refractivity (Wildman–Crippen MR) is 75.0 cm³/mol. The van der Waals surface area contributed by atoms with Gasteiger partial charge in [0.1, 0.15) is 5.01 Å². The van der Waals surface area contributed by atoms with E-state index < -0.39 is 10.0 Å². The van der Waals surface area contributed by atoms with Crippen LogP contribution in [-0.4, -0.2) is 28.6 Å². The first kappa shape index (κ1) is 13.5. The maximum absolute atomic E-state index is 12.0. The van der Waals surface area contributed by atoms with Crippen LogP contribution in [0.25, 0.3) is 0 Å². The number of hydrogen-bond donors (Lipinski definition) is 2. The summed E-state index contributed by atoms with van der Waals surface area (Å²) >= 11 is 1.30. The lowest BCUT2D eigenvalue weighted by atomic mass is 10.1. The zero-order valence-electron chi connectivity index (χ0n) is 10.7. The molecule has 1 aliphatic rings. The van der Waals surface area contributed by atoms with Crippen LogP contribution in [0.15, 0.2) is 17.6 Å². The second-order valence-corrected chi connectivity index (χ2v) is 7.59. The van der Waals surface area contributed by atoms with Crippen molar-refractivity contribution in [3.63, 3.8) is 0 Å². The van der Waals surface area contributed by atoms with Crippen LogP contribution in [0.5, 0.6) is 0 Å². The van der Waals surface area contributed by atoms with E-state index in [9.17, 15) is 8.42 Å². The summed E-state index contributed by atoms with van der Waals surface area (Å²) in [6, 6.07) is 0. The molecule has 0 saturated heterocycles. The van der Waals surface area contributed by atoms with Crippen molar-refractivity contribution in [2.24, 2.45) is 5.92 Å². The van der Waals surface area contributed by atoms with E-state index in [2.05, 4.69) is 24.9 Å². The van der Waals surface area contributed by atoms with Crippen LogP contribution in [0.1, 0.15) is 30.7 Å². The summed E-state index contributed by atoms with van der Waals surface area (Å²) < 4.78 is 26.4. The number of hydrogen-bond acceptors (Lipinski definition) is 6. The lowest BCUT2D eigenvalue weighted by Gasteiger charge is -2.03. The van der Waals surface area contributed by atoms with Crippen molar-refractivity contribution in [3.05, 3.63) is 17.5 Å². The molecule has 3 rings (SSSR count). The maximum atomic E-state index is 12.0. The fourth-order valence-corrected chi connectivity index (χ4v) is 4.39. The number of anilines is 1. The molecule has 0 atom stereocenters. The summed E-state index contributed by atoms with van der Waals surface area (Å²) in [5, 5.41) is 9.16. The third-order valence-corrected chi connectivity index (χ3v) is 5.64. The third-order valence-electron chi connectivity index (χ3n) is 3.39. The van der Waals surface area contributed by atoms with E-state index in [0.717, 1.165) is 11.4 Å². The minimum Gasteiger partial charge on any atom is -0.334 e. The first-order valence-electron chi connectivity index (χ1n) is 6.47. The molecule has 1 saturated carbocycles. The highest BCUT2D eigenvalue weighted by molar-refractivity contribution is 7.92. The number of aromatic amines is 1. The Morgan fingerprint density at radius 1 is 1.35 bits per heavy atom. The van der Waals surface area contributed by atoms with Gasteiger partial charge in [-0.15, -0.1) is 10.2 Å². The summed E-state index contributed by atoms with van der Waals surface area (Å²) in [7, 11) is -3.64. The molecule has 0 aliphatic heterocycles. The fourth-order valence-electron chi connectivity index (χ4n) is 2.40. The lowest BCUT2D eigenvalue weighted by molar-refractivity contribution is 0.542. The van der Waals surface area contributed by atoms with Gasteiger partial charge in [0, 0.05) is 6.42 Å². The second-order valence-electron chi connectivity index (χ2n) is 4.88. The molecule has 7 nitrogen and oxygen atoms in total. The zero-order valence-corrected chi connectivity index (χ0v) is 12.4. The van der Waals surface area contributed by atoms with Gasteiger partial charge in [-0.1, -0.05) is 37.0 Å². The average Bonchev–Trinajstić information content (AvgIpc) is 3.10. The first-order valence-corrected chi connectivity index (χ1v) is 8.77. The van der Waals surface area contributed by atoms with Gasteiger partial charge in [-0.05, 0) is 5.92 Å². The minimum atomic E-state index is -3.64. The Labute approximate surface area is 120 Å². The molecule has 0 aromatic carbocycles. The molecular formula is C11H15N5O2S2. The van der Waals surface area contributed by atoms with Gasteiger partial charge in [-0.3, -0.25) is 4.72 Å². The lowest BCUT2D eigenvalue weighted by Crippen LogP contribution is -2.13. The van der Waals surface area contributed by atoms with Crippen LogP contribution in [-0.2, 0) is 16.4 Å². The molecular weight excluding hydrogens is 298 g/mol. The van der Waals surface area contributed by atoms with Crippen molar-refractivity contribution in [1.82, 2.24) is 20.2 Å². The Bertz CT molecular complexity index is 659. The quantitative estimate of drug-likeness (QED) is 0.876. The molecule has 2 aromatic heterocycles. The Hall–Kier alpha value is -1.48. The summed E-state index contributed by atoms with van der Waals surface area (Å²) in [5.74, 6) is 0.667. The van der Waals surface area contributed by atoms with Crippen LogP contribution < -0.4 is 4.72 Å². The smallest absolute Gasteiger partial charge is 0.280 e. The van der Waals surface area contributed by atoms with E-state index in [1.54, 1.807) is 0 Å². The fraction of sp³-hybridized carbons (Fsp3) is 0.545. The largest absolute Gasteiger partial charge is 0.334 e. The van der Waals surface area contributed by atoms with Gasteiger partial charge in [-0.2, -0.15) is 8.42 Å². The van der Waals surface area contributed by atoms with Crippen LogP contribution in [0.4, 0.5) is 5.13 Å². The number of nitrogens with one attached hydrogen (secondary N) is 2.